The van der Waals surface area contributed by atoms with Crippen molar-refractivity contribution in [1.29, 1.82) is 0 Å². The lowest BCUT2D eigenvalue weighted by Gasteiger charge is -2.40. The minimum atomic E-state index is -0.444. The smallest absolute Gasteiger partial charge is 0.251 e. The number of piperidine rings is 1. The van der Waals surface area contributed by atoms with Crippen molar-refractivity contribution in [3.05, 3.63) is 112 Å². The molecule has 8 rings (SSSR count). The zero-order chi connectivity index (χ0) is 34.4. The molecule has 4 aliphatic rings. The van der Waals surface area contributed by atoms with Gasteiger partial charge in [-0.15, -0.1) is 0 Å². The lowest BCUT2D eigenvalue weighted by Crippen LogP contribution is -2.49. The van der Waals surface area contributed by atoms with Crippen LogP contribution >= 0.6 is 0 Å². The van der Waals surface area contributed by atoms with E-state index in [2.05, 4.69) is 32.1 Å². The number of anilines is 2. The van der Waals surface area contributed by atoms with Gasteiger partial charge in [0, 0.05) is 87.1 Å². The van der Waals surface area contributed by atoms with Gasteiger partial charge in [0.2, 0.25) is 0 Å². The zero-order valence-electron chi connectivity index (χ0n) is 28.2. The molecule has 2 saturated heterocycles. The van der Waals surface area contributed by atoms with E-state index in [0.717, 1.165) is 86.5 Å². The van der Waals surface area contributed by atoms with Crippen LogP contribution in [0.15, 0.2) is 72.8 Å². The summed E-state index contributed by atoms with van der Waals surface area (Å²) < 4.78 is 41.7. The number of aromatic hydroxyl groups is 1. The number of nitrogens with zero attached hydrogens (tertiary/aromatic N) is 3. The third kappa shape index (κ3) is 6.21. The van der Waals surface area contributed by atoms with Crippen molar-refractivity contribution >= 4 is 17.3 Å². The molecule has 0 spiro atoms. The number of benzene rings is 4. The first kappa shape index (κ1) is 32.4. The molecule has 260 valence electrons. The summed E-state index contributed by atoms with van der Waals surface area (Å²) in [4.78, 5) is 19.1. The molecular weight excluding hydrogens is 638 g/mol. The van der Waals surface area contributed by atoms with E-state index >= 15 is 4.39 Å². The minimum Gasteiger partial charge on any atom is -0.508 e. The van der Waals surface area contributed by atoms with Gasteiger partial charge in [-0.25, -0.2) is 8.78 Å². The van der Waals surface area contributed by atoms with E-state index in [-0.39, 0.29) is 41.7 Å². The largest absolute Gasteiger partial charge is 0.508 e. The van der Waals surface area contributed by atoms with Gasteiger partial charge in [-0.2, -0.15) is 0 Å². The highest BCUT2D eigenvalue weighted by Crippen LogP contribution is 2.48. The van der Waals surface area contributed by atoms with Gasteiger partial charge < -0.3 is 29.7 Å². The van der Waals surface area contributed by atoms with Crippen molar-refractivity contribution in [2.75, 3.05) is 69.3 Å². The van der Waals surface area contributed by atoms with Crippen LogP contribution in [-0.4, -0.2) is 75.4 Å². The van der Waals surface area contributed by atoms with Crippen LogP contribution in [0, 0.1) is 17.6 Å². The first-order valence-electron chi connectivity index (χ1n) is 17.6. The Bertz CT molecular complexity index is 1900. The molecule has 2 atom stereocenters. The van der Waals surface area contributed by atoms with Crippen LogP contribution in [0.1, 0.15) is 57.3 Å². The lowest BCUT2D eigenvalue weighted by atomic mass is 9.75. The van der Waals surface area contributed by atoms with Gasteiger partial charge in [0.05, 0.1) is 19.4 Å². The molecule has 4 aliphatic heterocycles. The van der Waals surface area contributed by atoms with Gasteiger partial charge in [-0.05, 0) is 84.0 Å². The Balaban J connectivity index is 0.917. The van der Waals surface area contributed by atoms with Gasteiger partial charge in [0.25, 0.3) is 5.91 Å². The second-order valence-electron chi connectivity index (χ2n) is 14.0. The van der Waals surface area contributed by atoms with Gasteiger partial charge in [0.1, 0.15) is 17.3 Å². The Hall–Kier alpha value is -4.83. The predicted octanol–water partition coefficient (Wildman–Crippen LogP) is 6.27. The number of halogens is 2. The van der Waals surface area contributed by atoms with Gasteiger partial charge in [-0.3, -0.25) is 9.69 Å². The average Bonchev–Trinajstić information content (AvgIpc) is 3.51. The lowest BCUT2D eigenvalue weighted by molar-refractivity contribution is 0.0965. The Morgan fingerprint density at radius 3 is 2.44 bits per heavy atom. The minimum absolute atomic E-state index is 0.0178. The number of nitrogens with one attached hydrogen (secondary N) is 1. The summed E-state index contributed by atoms with van der Waals surface area (Å²) in [5.74, 6) is 0.207. The van der Waals surface area contributed by atoms with E-state index in [1.54, 1.807) is 30.3 Å². The Morgan fingerprint density at radius 2 is 1.66 bits per heavy atom. The van der Waals surface area contributed by atoms with Crippen molar-refractivity contribution < 1.29 is 28.2 Å². The quantitative estimate of drug-likeness (QED) is 0.239. The Labute approximate surface area is 291 Å². The highest BCUT2D eigenvalue weighted by molar-refractivity contribution is 5.98. The molecule has 0 aliphatic carbocycles. The Kier molecular flexibility index (Phi) is 8.72. The molecule has 0 radical (unpaired) electrons. The second-order valence-corrected chi connectivity index (χ2v) is 14.0. The molecular formula is C40H42F2N4O4. The molecule has 4 heterocycles. The van der Waals surface area contributed by atoms with Crippen LogP contribution in [-0.2, 0) is 6.54 Å². The highest BCUT2D eigenvalue weighted by atomic mass is 19.1. The topological polar surface area (TPSA) is 77.5 Å². The van der Waals surface area contributed by atoms with Crippen LogP contribution in [0.25, 0.3) is 0 Å². The molecule has 0 bridgehead atoms. The maximum atomic E-state index is 16.1. The molecule has 4 aromatic rings. The van der Waals surface area contributed by atoms with Crippen LogP contribution in [0.3, 0.4) is 0 Å². The average molecular weight is 681 g/mol. The third-order valence-electron chi connectivity index (χ3n) is 11.1. The van der Waals surface area contributed by atoms with E-state index in [9.17, 15) is 14.3 Å². The number of amides is 1. The van der Waals surface area contributed by atoms with Gasteiger partial charge in [0.15, 0.2) is 11.6 Å². The molecule has 0 saturated carbocycles. The number of piperazine rings is 1. The zero-order valence-corrected chi connectivity index (χ0v) is 28.2. The number of phenols is 1. The number of carbonyl (C=O) groups is 1. The summed E-state index contributed by atoms with van der Waals surface area (Å²) in [5, 5.41) is 13.0. The molecule has 2 fully saturated rings. The van der Waals surface area contributed by atoms with E-state index < -0.39 is 5.82 Å². The van der Waals surface area contributed by atoms with Crippen LogP contribution in [0.5, 0.6) is 17.2 Å². The molecule has 0 aromatic heterocycles. The number of ether oxygens (including phenoxy) is 2. The van der Waals surface area contributed by atoms with E-state index in [0.29, 0.717) is 23.9 Å². The fourth-order valence-corrected chi connectivity index (χ4v) is 8.30. The van der Waals surface area contributed by atoms with Crippen LogP contribution < -0.4 is 24.6 Å². The molecule has 1 amide bonds. The Morgan fingerprint density at radius 1 is 0.860 bits per heavy atom. The third-order valence-corrected chi connectivity index (χ3v) is 11.1. The molecule has 50 heavy (non-hydrogen) atoms. The van der Waals surface area contributed by atoms with E-state index in [1.807, 2.05) is 24.3 Å². The standard InChI is InChI=1S/C40H42F2N4O4/c1-49-38-20-26(2-8-34(38)41)33-24-50-37-21-30(47)5-7-32(37)39(33)27-3-9-36(35(42)19-27)46-12-10-25(11-13-46)23-44-14-16-45(17-15-44)29-4-6-31-28(18-29)22-43-40(31)48/h2-9,18-21,25,33,39,47H,10-17,22-24H2,1H3,(H,43,48)/t33-,39-/m1/s1. The molecule has 10 heteroatoms. The van der Waals surface area contributed by atoms with Gasteiger partial charge in [-0.1, -0.05) is 18.2 Å². The SMILES string of the molecule is COc1cc([C@H]2COc3cc(O)ccc3[C@H]2c2ccc(N3CCC(CN4CCN(c5ccc6c(c5)CNC6=O)CC4)CC3)c(F)c2)ccc1F. The first-order valence-corrected chi connectivity index (χ1v) is 17.6. The predicted molar refractivity (Wildman–Crippen MR) is 189 cm³/mol. The van der Waals surface area contributed by atoms with E-state index in [4.69, 9.17) is 9.47 Å². The van der Waals surface area contributed by atoms with Crippen molar-refractivity contribution in [1.82, 2.24) is 10.2 Å². The molecule has 2 N–H and O–H groups in total. The highest BCUT2D eigenvalue weighted by Gasteiger charge is 2.35. The normalized spacial score (nSPS) is 21.0. The summed E-state index contributed by atoms with van der Waals surface area (Å²) >= 11 is 0. The summed E-state index contributed by atoms with van der Waals surface area (Å²) in [5.41, 5.74) is 6.15. The monoisotopic (exact) mass is 680 g/mol. The van der Waals surface area contributed by atoms with Crippen molar-refractivity contribution in [2.45, 2.75) is 31.2 Å². The number of fused-ring (bicyclic) bond motifs is 2. The van der Waals surface area contributed by atoms with E-state index in [1.165, 1.54) is 18.9 Å². The maximum Gasteiger partial charge on any atom is 0.251 e. The van der Waals surface area contributed by atoms with Crippen LogP contribution in [0.2, 0.25) is 0 Å². The summed E-state index contributed by atoms with van der Waals surface area (Å²) in [6, 6.07) is 21.5. The van der Waals surface area contributed by atoms with Crippen molar-refractivity contribution in [3.8, 4) is 17.2 Å². The number of rotatable bonds is 7. The maximum absolute atomic E-state index is 16.1. The fourth-order valence-electron chi connectivity index (χ4n) is 8.30. The number of methoxy groups -OCH3 is 1. The summed E-state index contributed by atoms with van der Waals surface area (Å²) in [6.45, 7) is 7.50. The summed E-state index contributed by atoms with van der Waals surface area (Å²) in [7, 11) is 1.44. The molecule has 8 nitrogen and oxygen atoms in total. The molecule has 4 aromatic carbocycles. The number of hydrogen-bond donors (Lipinski definition) is 2. The van der Waals surface area contributed by atoms with Crippen molar-refractivity contribution in [2.24, 2.45) is 5.92 Å². The molecule has 0 unspecified atom stereocenters. The first-order chi connectivity index (χ1) is 24.3. The fraction of sp³-hybridized carbons (Fsp3) is 0.375. The number of hydrogen-bond acceptors (Lipinski definition) is 7. The number of phenolic OH excluding ortho intramolecular Hbond substituents is 1. The van der Waals surface area contributed by atoms with Gasteiger partial charge >= 0.3 is 0 Å². The van der Waals surface area contributed by atoms with Crippen LogP contribution in [0.4, 0.5) is 20.2 Å². The number of carbonyl (C=O) groups excluding carboxylic acids is 1. The van der Waals surface area contributed by atoms with Crippen molar-refractivity contribution in [3.63, 3.8) is 0 Å². The summed E-state index contributed by atoms with van der Waals surface area (Å²) in [6.07, 6.45) is 2.02. The second kappa shape index (κ2) is 13.5.